The first-order valence-electron chi connectivity index (χ1n) is 7.45. The van der Waals surface area contributed by atoms with E-state index in [0.717, 1.165) is 18.4 Å². The molecule has 3 atom stereocenters. The first-order valence-corrected chi connectivity index (χ1v) is 7.45. The normalized spacial score (nSPS) is 39.2. The van der Waals surface area contributed by atoms with Crippen LogP contribution in [0.1, 0.15) is 53.4 Å². The second kappa shape index (κ2) is 5.27. The third-order valence-corrected chi connectivity index (χ3v) is 4.64. The van der Waals surface area contributed by atoms with Crippen LogP contribution in [0.4, 0.5) is 0 Å². The van der Waals surface area contributed by atoms with Gasteiger partial charge in [-0.2, -0.15) is 0 Å². The summed E-state index contributed by atoms with van der Waals surface area (Å²) in [6.45, 7) is 13.1. The van der Waals surface area contributed by atoms with Gasteiger partial charge in [0.15, 0.2) is 0 Å². The van der Waals surface area contributed by atoms with Crippen LogP contribution >= 0.6 is 0 Å². The number of nitrogens with one attached hydrogen (secondary N) is 1. The summed E-state index contributed by atoms with van der Waals surface area (Å²) in [5.74, 6) is 1.91. The summed E-state index contributed by atoms with van der Waals surface area (Å²) < 4.78 is 0. The number of rotatable bonds is 2. The average Bonchev–Trinajstić information content (AvgIpc) is 2.23. The Morgan fingerprint density at radius 3 is 2.71 bits per heavy atom. The topological polar surface area (TPSA) is 15.3 Å². The largest absolute Gasteiger partial charge is 0.309 e. The van der Waals surface area contributed by atoms with Crippen LogP contribution in [0.25, 0.3) is 0 Å². The maximum absolute atomic E-state index is 3.64. The molecule has 0 aromatic carbocycles. The number of nitrogens with zero attached hydrogens (tertiary/aromatic N) is 1. The van der Waals surface area contributed by atoms with E-state index in [9.17, 15) is 0 Å². The van der Waals surface area contributed by atoms with Gasteiger partial charge in [-0.3, -0.25) is 4.90 Å². The van der Waals surface area contributed by atoms with E-state index in [2.05, 4.69) is 37.9 Å². The second-order valence-electron chi connectivity index (χ2n) is 7.18. The Labute approximate surface area is 107 Å². The molecular formula is C15H30N2. The van der Waals surface area contributed by atoms with Crippen molar-refractivity contribution in [3.63, 3.8) is 0 Å². The molecule has 1 saturated carbocycles. The van der Waals surface area contributed by atoms with Gasteiger partial charge in [0.25, 0.3) is 0 Å². The Bertz CT molecular complexity index is 249. The molecule has 1 heterocycles. The summed E-state index contributed by atoms with van der Waals surface area (Å²) in [7, 11) is 0. The van der Waals surface area contributed by atoms with E-state index >= 15 is 0 Å². The standard InChI is InChI=1S/C15H30N2/c1-12-6-5-7-14(8-12)10-17-11-15(3,4)16-9-13(17)2/h12-14,16H,5-11H2,1-4H3. The summed E-state index contributed by atoms with van der Waals surface area (Å²) in [6, 6.07) is 0.709. The fourth-order valence-electron chi connectivity index (χ4n) is 3.57. The summed E-state index contributed by atoms with van der Waals surface area (Å²) in [6.07, 6.45) is 5.83. The molecule has 2 nitrogen and oxygen atoms in total. The third-order valence-electron chi connectivity index (χ3n) is 4.64. The molecule has 2 rings (SSSR count). The highest BCUT2D eigenvalue weighted by Gasteiger charge is 2.32. The van der Waals surface area contributed by atoms with E-state index in [1.165, 1.54) is 38.8 Å². The molecule has 17 heavy (non-hydrogen) atoms. The summed E-state index contributed by atoms with van der Waals surface area (Å²) in [5, 5.41) is 3.64. The summed E-state index contributed by atoms with van der Waals surface area (Å²) in [5.41, 5.74) is 0.298. The van der Waals surface area contributed by atoms with E-state index < -0.39 is 0 Å². The monoisotopic (exact) mass is 238 g/mol. The highest BCUT2D eigenvalue weighted by atomic mass is 15.2. The van der Waals surface area contributed by atoms with Crippen LogP contribution in [-0.4, -0.2) is 36.1 Å². The average molecular weight is 238 g/mol. The smallest absolute Gasteiger partial charge is 0.0252 e. The van der Waals surface area contributed by atoms with Crippen molar-refractivity contribution in [2.24, 2.45) is 11.8 Å². The first-order chi connectivity index (χ1) is 7.96. The zero-order valence-corrected chi connectivity index (χ0v) is 12.1. The lowest BCUT2D eigenvalue weighted by Gasteiger charge is -2.45. The molecule has 0 radical (unpaired) electrons. The highest BCUT2D eigenvalue weighted by molar-refractivity contribution is 4.91. The van der Waals surface area contributed by atoms with Gasteiger partial charge in [0, 0.05) is 31.2 Å². The quantitative estimate of drug-likeness (QED) is 0.796. The van der Waals surface area contributed by atoms with Gasteiger partial charge in [0.05, 0.1) is 0 Å². The molecule has 1 aliphatic carbocycles. The lowest BCUT2D eigenvalue weighted by Crippen LogP contribution is -2.61. The van der Waals surface area contributed by atoms with Crippen LogP contribution in [-0.2, 0) is 0 Å². The minimum atomic E-state index is 0.298. The third kappa shape index (κ3) is 3.69. The lowest BCUT2D eigenvalue weighted by molar-refractivity contribution is 0.0751. The predicted octanol–water partition coefficient (Wildman–Crippen LogP) is 2.89. The van der Waals surface area contributed by atoms with Crippen LogP contribution < -0.4 is 5.32 Å². The van der Waals surface area contributed by atoms with E-state index in [-0.39, 0.29) is 0 Å². The minimum absolute atomic E-state index is 0.298. The van der Waals surface area contributed by atoms with Gasteiger partial charge < -0.3 is 5.32 Å². The molecule has 0 bridgehead atoms. The van der Waals surface area contributed by atoms with Crippen LogP contribution in [0.2, 0.25) is 0 Å². The van der Waals surface area contributed by atoms with Crippen LogP contribution in [0.15, 0.2) is 0 Å². The van der Waals surface area contributed by atoms with Crippen LogP contribution in [0.5, 0.6) is 0 Å². The summed E-state index contributed by atoms with van der Waals surface area (Å²) >= 11 is 0. The molecule has 0 spiro atoms. The molecule has 1 saturated heterocycles. The van der Waals surface area contributed by atoms with Crippen molar-refractivity contribution in [3.05, 3.63) is 0 Å². The Morgan fingerprint density at radius 1 is 1.24 bits per heavy atom. The first kappa shape index (κ1) is 13.4. The van der Waals surface area contributed by atoms with Gasteiger partial charge in [-0.1, -0.05) is 19.8 Å². The van der Waals surface area contributed by atoms with Crippen LogP contribution in [0, 0.1) is 11.8 Å². The number of piperazine rings is 1. The molecule has 0 aromatic rings. The minimum Gasteiger partial charge on any atom is -0.309 e. The maximum atomic E-state index is 3.64. The van der Waals surface area contributed by atoms with Gasteiger partial charge in [-0.25, -0.2) is 0 Å². The molecule has 2 heteroatoms. The number of hydrogen-bond acceptors (Lipinski definition) is 2. The van der Waals surface area contributed by atoms with Crippen molar-refractivity contribution in [1.29, 1.82) is 0 Å². The number of hydrogen-bond donors (Lipinski definition) is 1. The molecule has 100 valence electrons. The Balaban J connectivity index is 1.88. The van der Waals surface area contributed by atoms with Crippen molar-refractivity contribution in [1.82, 2.24) is 10.2 Å². The van der Waals surface area contributed by atoms with Gasteiger partial charge in [-0.15, -0.1) is 0 Å². The van der Waals surface area contributed by atoms with Gasteiger partial charge in [0.2, 0.25) is 0 Å². The van der Waals surface area contributed by atoms with Gasteiger partial charge >= 0.3 is 0 Å². The van der Waals surface area contributed by atoms with Gasteiger partial charge in [0.1, 0.15) is 0 Å². The Hall–Kier alpha value is -0.0800. The lowest BCUT2D eigenvalue weighted by atomic mass is 9.81. The van der Waals surface area contributed by atoms with Crippen molar-refractivity contribution in [2.75, 3.05) is 19.6 Å². The van der Waals surface area contributed by atoms with Crippen molar-refractivity contribution in [2.45, 2.75) is 65.0 Å². The van der Waals surface area contributed by atoms with Gasteiger partial charge in [-0.05, 0) is 45.4 Å². The van der Waals surface area contributed by atoms with Crippen molar-refractivity contribution >= 4 is 0 Å². The Kier molecular flexibility index (Phi) is 4.14. The molecule has 0 aromatic heterocycles. The molecule has 1 N–H and O–H groups in total. The van der Waals surface area contributed by atoms with E-state index in [0.29, 0.717) is 11.6 Å². The molecule has 1 aliphatic heterocycles. The summed E-state index contributed by atoms with van der Waals surface area (Å²) in [4.78, 5) is 2.72. The molecule has 0 amide bonds. The van der Waals surface area contributed by atoms with E-state index in [1.54, 1.807) is 0 Å². The second-order valence-corrected chi connectivity index (χ2v) is 7.18. The maximum Gasteiger partial charge on any atom is 0.0252 e. The Morgan fingerprint density at radius 2 is 2.00 bits per heavy atom. The zero-order chi connectivity index (χ0) is 12.5. The molecule has 2 fully saturated rings. The van der Waals surface area contributed by atoms with Crippen molar-refractivity contribution in [3.8, 4) is 0 Å². The molecular weight excluding hydrogens is 208 g/mol. The zero-order valence-electron chi connectivity index (χ0n) is 12.1. The highest BCUT2D eigenvalue weighted by Crippen LogP contribution is 2.30. The predicted molar refractivity (Wildman–Crippen MR) is 74.2 cm³/mol. The fraction of sp³-hybridized carbons (Fsp3) is 1.00. The SMILES string of the molecule is CC1CCCC(CN2CC(C)(C)NCC2C)C1. The van der Waals surface area contributed by atoms with Crippen LogP contribution in [0.3, 0.4) is 0 Å². The molecule has 2 aliphatic rings. The van der Waals surface area contributed by atoms with E-state index in [4.69, 9.17) is 0 Å². The fourth-order valence-corrected chi connectivity index (χ4v) is 3.57. The molecule has 3 unspecified atom stereocenters. The van der Waals surface area contributed by atoms with Crippen molar-refractivity contribution < 1.29 is 0 Å². The van der Waals surface area contributed by atoms with E-state index in [1.807, 2.05) is 0 Å².